The molecule has 1 unspecified atom stereocenters. The van der Waals surface area contributed by atoms with E-state index in [9.17, 15) is 9.18 Å². The van der Waals surface area contributed by atoms with Gasteiger partial charge in [-0.25, -0.2) is 4.39 Å². The monoisotopic (exact) mass is 210 g/mol. The fourth-order valence-corrected chi connectivity index (χ4v) is 1.27. The Labute approximate surface area is 89.1 Å². The summed E-state index contributed by atoms with van der Waals surface area (Å²) in [6.07, 6.45) is 0.959. The Kier molecular flexibility index (Phi) is 4.43. The minimum absolute atomic E-state index is 0.0284. The van der Waals surface area contributed by atoms with E-state index in [0.29, 0.717) is 12.8 Å². The van der Waals surface area contributed by atoms with Crippen LogP contribution >= 0.6 is 0 Å². The average molecular weight is 210 g/mol. The highest BCUT2D eigenvalue weighted by Gasteiger charge is 2.11. The Hall–Kier alpha value is -1.22. The summed E-state index contributed by atoms with van der Waals surface area (Å²) < 4.78 is 18.2. The van der Waals surface area contributed by atoms with Gasteiger partial charge in [-0.2, -0.15) is 0 Å². The molecule has 0 aliphatic carbocycles. The predicted octanol–water partition coefficient (Wildman–Crippen LogP) is 2.82. The Morgan fingerprint density at radius 1 is 1.47 bits per heavy atom. The zero-order chi connectivity index (χ0) is 11.3. The number of carbonyl (C=O) groups excluding carboxylic acids is 1. The number of hydrogen-bond donors (Lipinski definition) is 0. The number of methoxy groups -OCH3 is 1. The Morgan fingerprint density at radius 3 is 2.73 bits per heavy atom. The Morgan fingerprint density at radius 2 is 2.13 bits per heavy atom. The number of ketones is 1. The normalized spacial score (nSPS) is 12.5. The van der Waals surface area contributed by atoms with E-state index in [4.69, 9.17) is 4.74 Å². The molecule has 1 aromatic rings. The van der Waals surface area contributed by atoms with Gasteiger partial charge in [0.05, 0.1) is 11.7 Å². The van der Waals surface area contributed by atoms with Gasteiger partial charge >= 0.3 is 0 Å². The largest absolute Gasteiger partial charge is 0.382 e. The highest BCUT2D eigenvalue weighted by Crippen LogP contribution is 2.11. The molecule has 2 nitrogen and oxygen atoms in total. The summed E-state index contributed by atoms with van der Waals surface area (Å²) in [5, 5.41) is 0. The molecule has 0 radical (unpaired) electrons. The minimum atomic E-state index is -0.451. The van der Waals surface area contributed by atoms with Gasteiger partial charge in [0.1, 0.15) is 5.82 Å². The third-order valence-electron chi connectivity index (χ3n) is 2.35. The van der Waals surface area contributed by atoms with Crippen LogP contribution in [0, 0.1) is 5.82 Å². The highest BCUT2D eigenvalue weighted by molar-refractivity contribution is 5.96. The zero-order valence-corrected chi connectivity index (χ0v) is 9.00. The first kappa shape index (κ1) is 11.9. The third kappa shape index (κ3) is 3.44. The van der Waals surface area contributed by atoms with E-state index in [0.717, 1.165) is 0 Å². The maximum Gasteiger partial charge on any atom is 0.165 e. The Bertz CT molecular complexity index is 336. The molecule has 0 saturated carbocycles. The standard InChI is InChI=1S/C12H15FO2/c1-9(15-2)7-8-12(14)10-5-3-4-6-11(10)13/h3-6,9H,7-8H2,1-2H3. The summed E-state index contributed by atoms with van der Waals surface area (Å²) in [5.41, 5.74) is 0.167. The van der Waals surface area contributed by atoms with E-state index in [-0.39, 0.29) is 17.5 Å². The summed E-state index contributed by atoms with van der Waals surface area (Å²) in [7, 11) is 1.60. The van der Waals surface area contributed by atoms with E-state index < -0.39 is 5.82 Å². The number of ether oxygens (including phenoxy) is 1. The van der Waals surface area contributed by atoms with Crippen molar-refractivity contribution in [2.75, 3.05) is 7.11 Å². The number of Topliss-reactive ketones (excluding diaryl/α,β-unsaturated/α-hetero) is 1. The first-order valence-electron chi connectivity index (χ1n) is 4.95. The van der Waals surface area contributed by atoms with Crippen LogP contribution in [0.25, 0.3) is 0 Å². The van der Waals surface area contributed by atoms with Crippen LogP contribution in [-0.4, -0.2) is 19.0 Å². The van der Waals surface area contributed by atoms with Crippen molar-refractivity contribution >= 4 is 5.78 Å². The maximum atomic E-state index is 13.2. The number of benzene rings is 1. The van der Waals surface area contributed by atoms with Crippen LogP contribution in [0.15, 0.2) is 24.3 Å². The van der Waals surface area contributed by atoms with E-state index in [1.807, 2.05) is 6.92 Å². The molecule has 15 heavy (non-hydrogen) atoms. The van der Waals surface area contributed by atoms with Crippen molar-refractivity contribution in [3.05, 3.63) is 35.6 Å². The van der Waals surface area contributed by atoms with Gasteiger partial charge in [-0.3, -0.25) is 4.79 Å². The second-order valence-corrected chi connectivity index (χ2v) is 3.49. The van der Waals surface area contributed by atoms with Crippen LogP contribution in [0.4, 0.5) is 4.39 Å². The van der Waals surface area contributed by atoms with Gasteiger partial charge in [-0.1, -0.05) is 12.1 Å². The van der Waals surface area contributed by atoms with Gasteiger partial charge in [0.25, 0.3) is 0 Å². The molecule has 0 amide bonds. The lowest BCUT2D eigenvalue weighted by molar-refractivity contribution is 0.0874. The second kappa shape index (κ2) is 5.61. The lowest BCUT2D eigenvalue weighted by Gasteiger charge is -2.08. The molecule has 0 N–H and O–H groups in total. The zero-order valence-electron chi connectivity index (χ0n) is 9.00. The number of rotatable bonds is 5. The van der Waals surface area contributed by atoms with Gasteiger partial charge in [-0.15, -0.1) is 0 Å². The summed E-state index contributed by atoms with van der Waals surface area (Å²) >= 11 is 0. The number of hydrogen-bond acceptors (Lipinski definition) is 2. The van der Waals surface area contributed by atoms with E-state index in [1.54, 1.807) is 19.2 Å². The molecule has 1 rings (SSSR count). The summed E-state index contributed by atoms with van der Waals surface area (Å²) in [5.74, 6) is -0.621. The van der Waals surface area contributed by atoms with E-state index in [1.165, 1.54) is 12.1 Å². The molecule has 0 heterocycles. The summed E-state index contributed by atoms with van der Waals surface area (Å²) in [6, 6.07) is 6.04. The van der Waals surface area contributed by atoms with E-state index >= 15 is 0 Å². The van der Waals surface area contributed by atoms with Crippen LogP contribution in [0.1, 0.15) is 30.1 Å². The smallest absolute Gasteiger partial charge is 0.165 e. The molecule has 0 aliphatic heterocycles. The molecule has 0 aliphatic rings. The van der Waals surface area contributed by atoms with E-state index in [2.05, 4.69) is 0 Å². The van der Waals surface area contributed by atoms with Crippen molar-refractivity contribution in [2.24, 2.45) is 0 Å². The Balaban J connectivity index is 2.58. The molecule has 0 aromatic heterocycles. The summed E-state index contributed by atoms with van der Waals surface area (Å²) in [6.45, 7) is 1.88. The molecular weight excluding hydrogens is 195 g/mol. The van der Waals surface area contributed by atoms with Gasteiger partial charge in [0.2, 0.25) is 0 Å². The van der Waals surface area contributed by atoms with Crippen molar-refractivity contribution in [2.45, 2.75) is 25.9 Å². The van der Waals surface area contributed by atoms with Crippen LogP contribution in [-0.2, 0) is 4.74 Å². The lowest BCUT2D eigenvalue weighted by atomic mass is 10.0. The van der Waals surface area contributed by atoms with Crippen LogP contribution in [0.2, 0.25) is 0 Å². The first-order valence-corrected chi connectivity index (χ1v) is 4.95. The van der Waals surface area contributed by atoms with Crippen molar-refractivity contribution < 1.29 is 13.9 Å². The third-order valence-corrected chi connectivity index (χ3v) is 2.35. The van der Waals surface area contributed by atoms with Gasteiger partial charge in [0.15, 0.2) is 5.78 Å². The molecule has 0 fully saturated rings. The SMILES string of the molecule is COC(C)CCC(=O)c1ccccc1F. The molecule has 0 spiro atoms. The molecule has 1 atom stereocenters. The van der Waals surface area contributed by atoms with Crippen molar-refractivity contribution in [1.29, 1.82) is 0 Å². The fraction of sp³-hybridized carbons (Fsp3) is 0.417. The quantitative estimate of drug-likeness (QED) is 0.698. The van der Waals surface area contributed by atoms with Gasteiger partial charge in [-0.05, 0) is 25.5 Å². The first-order chi connectivity index (χ1) is 7.15. The number of carbonyl (C=O) groups is 1. The van der Waals surface area contributed by atoms with Gasteiger partial charge in [0, 0.05) is 13.5 Å². The highest BCUT2D eigenvalue weighted by atomic mass is 19.1. The van der Waals surface area contributed by atoms with Crippen molar-refractivity contribution in [3.8, 4) is 0 Å². The van der Waals surface area contributed by atoms with Crippen LogP contribution < -0.4 is 0 Å². The minimum Gasteiger partial charge on any atom is -0.382 e. The van der Waals surface area contributed by atoms with Crippen molar-refractivity contribution in [1.82, 2.24) is 0 Å². The molecular formula is C12H15FO2. The van der Waals surface area contributed by atoms with Crippen molar-refractivity contribution in [3.63, 3.8) is 0 Å². The molecule has 3 heteroatoms. The topological polar surface area (TPSA) is 26.3 Å². The molecule has 82 valence electrons. The second-order valence-electron chi connectivity index (χ2n) is 3.49. The van der Waals surface area contributed by atoms with Crippen LogP contribution in [0.5, 0.6) is 0 Å². The van der Waals surface area contributed by atoms with Gasteiger partial charge < -0.3 is 4.74 Å². The average Bonchev–Trinajstić information content (AvgIpc) is 2.26. The fourth-order valence-electron chi connectivity index (χ4n) is 1.27. The summed E-state index contributed by atoms with van der Waals surface area (Å²) in [4.78, 5) is 11.6. The maximum absolute atomic E-state index is 13.2. The predicted molar refractivity (Wildman–Crippen MR) is 56.4 cm³/mol. The molecule has 1 aromatic carbocycles. The molecule has 0 saturated heterocycles. The number of halogens is 1. The lowest BCUT2D eigenvalue weighted by Crippen LogP contribution is -2.09. The van der Waals surface area contributed by atoms with Crippen LogP contribution in [0.3, 0.4) is 0 Å². The molecule has 0 bridgehead atoms.